The first-order valence-electron chi connectivity index (χ1n) is 6.06. The minimum absolute atomic E-state index is 0.467. The molecule has 0 aliphatic heterocycles. The van der Waals surface area contributed by atoms with Crippen molar-refractivity contribution < 1.29 is 0 Å². The number of hydrogen-bond donors (Lipinski definition) is 2. The normalized spacial score (nSPS) is 40.1. The summed E-state index contributed by atoms with van der Waals surface area (Å²) in [4.78, 5) is 0. The molecule has 0 aromatic rings. The van der Waals surface area contributed by atoms with Crippen LogP contribution in [0.4, 0.5) is 0 Å². The number of rotatable bonds is 4. The first-order chi connectivity index (χ1) is 6.59. The average Bonchev–Trinajstić information content (AvgIpc) is 2.53. The molecule has 3 atom stereocenters. The average molecular weight is 196 g/mol. The van der Waals surface area contributed by atoms with Crippen molar-refractivity contribution in [3.63, 3.8) is 0 Å². The fourth-order valence-electron chi connectivity index (χ4n) is 2.69. The van der Waals surface area contributed by atoms with Gasteiger partial charge in [-0.15, -0.1) is 0 Å². The SMILES string of the molecule is CC1(C)CC1CNCC1CCCC1N. The topological polar surface area (TPSA) is 38.0 Å². The van der Waals surface area contributed by atoms with E-state index in [1.54, 1.807) is 0 Å². The van der Waals surface area contributed by atoms with Gasteiger partial charge in [0.05, 0.1) is 0 Å². The van der Waals surface area contributed by atoms with E-state index in [1.807, 2.05) is 0 Å². The molecule has 0 bridgehead atoms. The summed E-state index contributed by atoms with van der Waals surface area (Å²) in [5, 5.41) is 3.60. The lowest BCUT2D eigenvalue weighted by Crippen LogP contribution is -2.34. The van der Waals surface area contributed by atoms with Crippen LogP contribution in [-0.2, 0) is 0 Å². The maximum Gasteiger partial charge on any atom is 0.00792 e. The van der Waals surface area contributed by atoms with Gasteiger partial charge in [0.1, 0.15) is 0 Å². The van der Waals surface area contributed by atoms with Crippen LogP contribution in [0.1, 0.15) is 39.5 Å². The molecular formula is C12H24N2. The van der Waals surface area contributed by atoms with Gasteiger partial charge in [0, 0.05) is 6.04 Å². The van der Waals surface area contributed by atoms with Crippen LogP contribution in [0.15, 0.2) is 0 Å². The highest BCUT2D eigenvalue weighted by Crippen LogP contribution is 2.50. The maximum atomic E-state index is 6.02. The predicted octanol–water partition coefficient (Wildman–Crippen LogP) is 1.75. The van der Waals surface area contributed by atoms with Crippen LogP contribution in [0, 0.1) is 17.3 Å². The van der Waals surface area contributed by atoms with Crippen molar-refractivity contribution in [1.29, 1.82) is 0 Å². The molecule has 0 radical (unpaired) electrons. The van der Waals surface area contributed by atoms with E-state index in [4.69, 9.17) is 5.73 Å². The molecule has 2 aliphatic carbocycles. The molecular weight excluding hydrogens is 172 g/mol. The van der Waals surface area contributed by atoms with Gasteiger partial charge in [-0.2, -0.15) is 0 Å². The summed E-state index contributed by atoms with van der Waals surface area (Å²) in [6.07, 6.45) is 5.31. The van der Waals surface area contributed by atoms with E-state index in [1.165, 1.54) is 32.2 Å². The first-order valence-corrected chi connectivity index (χ1v) is 6.06. The molecule has 2 saturated carbocycles. The molecule has 0 spiro atoms. The zero-order valence-corrected chi connectivity index (χ0v) is 9.55. The molecule has 0 aromatic carbocycles. The monoisotopic (exact) mass is 196 g/mol. The van der Waals surface area contributed by atoms with Gasteiger partial charge in [0.2, 0.25) is 0 Å². The third-order valence-corrected chi connectivity index (χ3v) is 4.23. The van der Waals surface area contributed by atoms with Crippen molar-refractivity contribution >= 4 is 0 Å². The smallest absolute Gasteiger partial charge is 0.00792 e. The van der Waals surface area contributed by atoms with Gasteiger partial charge in [-0.3, -0.25) is 0 Å². The highest BCUT2D eigenvalue weighted by molar-refractivity contribution is 4.96. The Labute approximate surface area is 87.6 Å². The van der Waals surface area contributed by atoms with E-state index in [2.05, 4.69) is 19.2 Å². The lowest BCUT2D eigenvalue weighted by Gasteiger charge is -2.16. The second-order valence-electron chi connectivity index (χ2n) is 5.90. The van der Waals surface area contributed by atoms with Gasteiger partial charge in [0.25, 0.3) is 0 Å². The minimum atomic E-state index is 0.467. The van der Waals surface area contributed by atoms with Gasteiger partial charge < -0.3 is 11.1 Å². The van der Waals surface area contributed by atoms with E-state index >= 15 is 0 Å². The van der Waals surface area contributed by atoms with Crippen molar-refractivity contribution in [2.45, 2.75) is 45.6 Å². The highest BCUT2D eigenvalue weighted by atomic mass is 14.9. The summed E-state index contributed by atoms with van der Waals surface area (Å²) in [6, 6.07) is 0.467. The summed E-state index contributed by atoms with van der Waals surface area (Å²) in [5.74, 6) is 1.66. The number of hydrogen-bond acceptors (Lipinski definition) is 2. The quantitative estimate of drug-likeness (QED) is 0.719. The third-order valence-electron chi connectivity index (χ3n) is 4.23. The van der Waals surface area contributed by atoms with Crippen molar-refractivity contribution in [3.8, 4) is 0 Å². The summed E-state index contributed by atoms with van der Waals surface area (Å²) in [6.45, 7) is 7.07. The van der Waals surface area contributed by atoms with Crippen LogP contribution in [0.2, 0.25) is 0 Å². The molecule has 0 aromatic heterocycles. The van der Waals surface area contributed by atoms with Crippen molar-refractivity contribution in [1.82, 2.24) is 5.32 Å². The molecule has 0 saturated heterocycles. The highest BCUT2D eigenvalue weighted by Gasteiger charge is 2.44. The van der Waals surface area contributed by atoms with Crippen LogP contribution >= 0.6 is 0 Å². The van der Waals surface area contributed by atoms with Crippen molar-refractivity contribution in [3.05, 3.63) is 0 Å². The second-order valence-corrected chi connectivity index (χ2v) is 5.90. The molecule has 14 heavy (non-hydrogen) atoms. The van der Waals surface area contributed by atoms with Crippen LogP contribution in [0.3, 0.4) is 0 Å². The zero-order valence-electron chi connectivity index (χ0n) is 9.55. The summed E-state index contributed by atoms with van der Waals surface area (Å²) < 4.78 is 0. The van der Waals surface area contributed by atoms with E-state index in [0.717, 1.165) is 18.4 Å². The zero-order chi connectivity index (χ0) is 10.2. The number of nitrogens with two attached hydrogens (primary N) is 1. The summed E-state index contributed by atoms with van der Waals surface area (Å²) in [5.41, 5.74) is 6.64. The Morgan fingerprint density at radius 2 is 2.00 bits per heavy atom. The van der Waals surface area contributed by atoms with Crippen molar-refractivity contribution in [2.75, 3.05) is 13.1 Å². The predicted molar refractivity (Wildman–Crippen MR) is 60.1 cm³/mol. The van der Waals surface area contributed by atoms with Gasteiger partial charge >= 0.3 is 0 Å². The van der Waals surface area contributed by atoms with Crippen LogP contribution in [-0.4, -0.2) is 19.1 Å². The van der Waals surface area contributed by atoms with Crippen LogP contribution in [0.25, 0.3) is 0 Å². The van der Waals surface area contributed by atoms with E-state index in [0.29, 0.717) is 11.5 Å². The standard InChI is InChI=1S/C12H24N2/c1-12(2)6-10(12)8-14-7-9-4-3-5-11(9)13/h9-11,14H,3-8,13H2,1-2H3. The summed E-state index contributed by atoms with van der Waals surface area (Å²) >= 11 is 0. The summed E-state index contributed by atoms with van der Waals surface area (Å²) in [7, 11) is 0. The molecule has 0 amide bonds. The molecule has 82 valence electrons. The van der Waals surface area contributed by atoms with Gasteiger partial charge in [-0.05, 0) is 49.6 Å². The Morgan fingerprint density at radius 1 is 1.29 bits per heavy atom. The van der Waals surface area contributed by atoms with Gasteiger partial charge in [0.15, 0.2) is 0 Å². The van der Waals surface area contributed by atoms with Crippen LogP contribution < -0.4 is 11.1 Å². The van der Waals surface area contributed by atoms with Gasteiger partial charge in [-0.1, -0.05) is 20.3 Å². The Balaban J connectivity index is 1.59. The minimum Gasteiger partial charge on any atom is -0.327 e. The van der Waals surface area contributed by atoms with Crippen molar-refractivity contribution in [2.24, 2.45) is 23.0 Å². The Morgan fingerprint density at radius 3 is 2.50 bits per heavy atom. The molecule has 2 heteroatoms. The fourth-order valence-corrected chi connectivity index (χ4v) is 2.69. The number of nitrogens with one attached hydrogen (secondary N) is 1. The fraction of sp³-hybridized carbons (Fsp3) is 1.00. The Hall–Kier alpha value is -0.0800. The molecule has 3 N–H and O–H groups in total. The van der Waals surface area contributed by atoms with E-state index in [9.17, 15) is 0 Å². The molecule has 2 rings (SSSR count). The Kier molecular flexibility index (Phi) is 2.85. The molecule has 2 aliphatic rings. The second kappa shape index (κ2) is 3.82. The lowest BCUT2D eigenvalue weighted by molar-refractivity contribution is 0.424. The lowest BCUT2D eigenvalue weighted by atomic mass is 10.0. The van der Waals surface area contributed by atoms with E-state index < -0.39 is 0 Å². The van der Waals surface area contributed by atoms with Gasteiger partial charge in [-0.25, -0.2) is 0 Å². The molecule has 2 fully saturated rings. The molecule has 3 unspecified atom stereocenters. The molecule has 0 heterocycles. The Bertz CT molecular complexity index is 200. The third kappa shape index (κ3) is 2.29. The maximum absolute atomic E-state index is 6.02. The first kappa shape index (κ1) is 10.4. The molecule has 2 nitrogen and oxygen atoms in total. The largest absolute Gasteiger partial charge is 0.327 e. The van der Waals surface area contributed by atoms with Crippen LogP contribution in [0.5, 0.6) is 0 Å². The van der Waals surface area contributed by atoms with E-state index in [-0.39, 0.29) is 0 Å².